The second kappa shape index (κ2) is 5.14. The Kier molecular flexibility index (Phi) is 3.79. The first-order valence-electron chi connectivity index (χ1n) is 6.45. The Morgan fingerprint density at radius 3 is 2.41 bits per heavy atom. The van der Waals surface area contributed by atoms with Gasteiger partial charge < -0.3 is 10.8 Å². The standard InChI is InChI=1S/C12H22N4O/c1-16-9-14-11(15-16)10(13)12(17)7-5-3-2-4-6-8-12/h9-10,17H,2-8,13H2,1H3. The van der Waals surface area contributed by atoms with E-state index in [-0.39, 0.29) is 0 Å². The molecule has 1 saturated carbocycles. The minimum Gasteiger partial charge on any atom is -0.388 e. The summed E-state index contributed by atoms with van der Waals surface area (Å²) < 4.78 is 1.63. The van der Waals surface area contributed by atoms with Gasteiger partial charge in [0, 0.05) is 7.05 Å². The lowest BCUT2D eigenvalue weighted by Gasteiger charge is -2.34. The third-order valence-corrected chi connectivity index (χ3v) is 3.69. The molecule has 0 spiro atoms. The average Bonchev–Trinajstić information content (AvgIpc) is 2.69. The van der Waals surface area contributed by atoms with Gasteiger partial charge in [-0.1, -0.05) is 32.1 Å². The highest BCUT2D eigenvalue weighted by atomic mass is 16.3. The van der Waals surface area contributed by atoms with E-state index in [4.69, 9.17) is 5.73 Å². The van der Waals surface area contributed by atoms with Crippen LogP contribution in [0.25, 0.3) is 0 Å². The molecule has 5 heteroatoms. The van der Waals surface area contributed by atoms with Crippen LogP contribution in [0, 0.1) is 0 Å². The monoisotopic (exact) mass is 238 g/mol. The van der Waals surface area contributed by atoms with E-state index < -0.39 is 11.6 Å². The Labute approximate surface area is 102 Å². The number of rotatable bonds is 2. The van der Waals surface area contributed by atoms with Crippen molar-refractivity contribution in [2.24, 2.45) is 12.8 Å². The SMILES string of the molecule is Cn1cnc(C(N)C2(O)CCCCCCC2)n1. The number of nitrogens with two attached hydrogens (primary N) is 1. The van der Waals surface area contributed by atoms with Crippen molar-refractivity contribution in [3.8, 4) is 0 Å². The molecule has 1 aliphatic rings. The first-order valence-corrected chi connectivity index (χ1v) is 6.45. The van der Waals surface area contributed by atoms with Crippen LogP contribution in [0.4, 0.5) is 0 Å². The molecule has 0 saturated heterocycles. The molecule has 5 nitrogen and oxygen atoms in total. The Balaban J connectivity index is 2.11. The second-order valence-corrected chi connectivity index (χ2v) is 5.13. The van der Waals surface area contributed by atoms with Crippen LogP contribution in [-0.2, 0) is 7.05 Å². The Bertz CT molecular complexity index is 355. The highest BCUT2D eigenvalue weighted by molar-refractivity contribution is 5.02. The van der Waals surface area contributed by atoms with E-state index in [0.29, 0.717) is 5.82 Å². The molecule has 3 N–H and O–H groups in total. The molecule has 17 heavy (non-hydrogen) atoms. The molecule has 1 aliphatic carbocycles. The van der Waals surface area contributed by atoms with Gasteiger partial charge in [-0.3, -0.25) is 4.68 Å². The smallest absolute Gasteiger partial charge is 0.170 e. The molecule has 1 aromatic rings. The lowest BCUT2D eigenvalue weighted by molar-refractivity contribution is -0.0133. The first-order chi connectivity index (χ1) is 8.12. The summed E-state index contributed by atoms with van der Waals surface area (Å²) >= 11 is 0. The summed E-state index contributed by atoms with van der Waals surface area (Å²) in [5.74, 6) is 0.551. The minimum atomic E-state index is -0.832. The molecular weight excluding hydrogens is 216 g/mol. The van der Waals surface area contributed by atoms with Crippen molar-refractivity contribution < 1.29 is 5.11 Å². The molecule has 2 rings (SSSR count). The summed E-state index contributed by atoms with van der Waals surface area (Å²) in [6.45, 7) is 0. The van der Waals surface area contributed by atoms with Crippen molar-refractivity contribution in [1.82, 2.24) is 14.8 Å². The Morgan fingerprint density at radius 2 is 1.88 bits per heavy atom. The topological polar surface area (TPSA) is 77.0 Å². The predicted octanol–water partition coefficient (Wildman–Crippen LogP) is 1.29. The number of nitrogens with zero attached hydrogens (tertiary/aromatic N) is 3. The van der Waals surface area contributed by atoms with Gasteiger partial charge in [0.15, 0.2) is 5.82 Å². The largest absolute Gasteiger partial charge is 0.388 e. The fourth-order valence-electron chi connectivity index (χ4n) is 2.57. The van der Waals surface area contributed by atoms with Crippen LogP contribution in [0.15, 0.2) is 6.33 Å². The van der Waals surface area contributed by atoms with Crippen LogP contribution < -0.4 is 5.73 Å². The molecule has 0 bridgehead atoms. The van der Waals surface area contributed by atoms with E-state index >= 15 is 0 Å². The van der Waals surface area contributed by atoms with Gasteiger partial charge in [-0.25, -0.2) is 4.98 Å². The zero-order chi connectivity index (χ0) is 12.3. The maximum absolute atomic E-state index is 10.7. The summed E-state index contributed by atoms with van der Waals surface area (Å²) in [5.41, 5.74) is 5.32. The maximum Gasteiger partial charge on any atom is 0.170 e. The summed E-state index contributed by atoms with van der Waals surface area (Å²) in [4.78, 5) is 4.16. The van der Waals surface area contributed by atoms with Crippen molar-refractivity contribution in [1.29, 1.82) is 0 Å². The fourth-order valence-corrected chi connectivity index (χ4v) is 2.57. The van der Waals surface area contributed by atoms with E-state index in [1.807, 2.05) is 7.05 Å². The van der Waals surface area contributed by atoms with E-state index in [9.17, 15) is 5.11 Å². The molecular formula is C12H22N4O. The molecule has 1 atom stereocenters. The van der Waals surface area contributed by atoms with Crippen LogP contribution >= 0.6 is 0 Å². The first kappa shape index (κ1) is 12.5. The van der Waals surface area contributed by atoms with Gasteiger partial charge in [0.05, 0.1) is 11.6 Å². The van der Waals surface area contributed by atoms with E-state index in [2.05, 4.69) is 10.1 Å². The molecule has 1 aromatic heterocycles. The second-order valence-electron chi connectivity index (χ2n) is 5.13. The summed E-state index contributed by atoms with van der Waals surface area (Å²) in [5, 5.41) is 14.9. The molecule has 1 unspecified atom stereocenters. The third kappa shape index (κ3) is 2.84. The van der Waals surface area contributed by atoms with Gasteiger partial charge >= 0.3 is 0 Å². The van der Waals surface area contributed by atoms with Gasteiger partial charge in [-0.2, -0.15) is 5.10 Å². The van der Waals surface area contributed by atoms with Gasteiger partial charge in [0.2, 0.25) is 0 Å². The highest BCUT2D eigenvalue weighted by Crippen LogP contribution is 2.34. The fraction of sp³-hybridized carbons (Fsp3) is 0.833. The van der Waals surface area contributed by atoms with Crippen molar-refractivity contribution in [2.45, 2.75) is 56.6 Å². The number of aromatic nitrogens is 3. The summed E-state index contributed by atoms with van der Waals surface area (Å²) in [6, 6.07) is -0.471. The maximum atomic E-state index is 10.7. The van der Waals surface area contributed by atoms with Crippen molar-refractivity contribution in [3.05, 3.63) is 12.2 Å². The zero-order valence-corrected chi connectivity index (χ0v) is 10.5. The lowest BCUT2D eigenvalue weighted by Crippen LogP contribution is -2.42. The van der Waals surface area contributed by atoms with E-state index in [1.54, 1.807) is 11.0 Å². The molecule has 0 aliphatic heterocycles. The molecule has 0 radical (unpaired) electrons. The Morgan fingerprint density at radius 1 is 1.29 bits per heavy atom. The molecule has 0 amide bonds. The number of aryl methyl sites for hydroxylation is 1. The molecule has 96 valence electrons. The van der Waals surface area contributed by atoms with Crippen molar-refractivity contribution in [2.75, 3.05) is 0 Å². The van der Waals surface area contributed by atoms with Gasteiger partial charge in [-0.05, 0) is 12.8 Å². The number of hydrogen-bond donors (Lipinski definition) is 2. The molecule has 1 fully saturated rings. The predicted molar refractivity (Wildman–Crippen MR) is 65.2 cm³/mol. The van der Waals surface area contributed by atoms with Crippen LogP contribution in [0.5, 0.6) is 0 Å². The van der Waals surface area contributed by atoms with Crippen LogP contribution in [0.2, 0.25) is 0 Å². The lowest BCUT2D eigenvalue weighted by atomic mass is 9.81. The van der Waals surface area contributed by atoms with E-state index in [0.717, 1.165) is 25.7 Å². The van der Waals surface area contributed by atoms with Crippen molar-refractivity contribution in [3.63, 3.8) is 0 Å². The summed E-state index contributed by atoms with van der Waals surface area (Å²) in [7, 11) is 1.81. The van der Waals surface area contributed by atoms with Crippen LogP contribution in [0.1, 0.15) is 56.8 Å². The number of aliphatic hydroxyl groups is 1. The number of hydrogen-bond acceptors (Lipinski definition) is 4. The van der Waals surface area contributed by atoms with Crippen molar-refractivity contribution >= 4 is 0 Å². The van der Waals surface area contributed by atoms with Gasteiger partial charge in [0.25, 0.3) is 0 Å². The summed E-state index contributed by atoms with van der Waals surface area (Å²) in [6.07, 6.45) is 8.86. The van der Waals surface area contributed by atoms with Gasteiger partial charge in [0.1, 0.15) is 6.33 Å². The van der Waals surface area contributed by atoms with Gasteiger partial charge in [-0.15, -0.1) is 0 Å². The third-order valence-electron chi connectivity index (χ3n) is 3.69. The average molecular weight is 238 g/mol. The highest BCUT2D eigenvalue weighted by Gasteiger charge is 2.37. The Hall–Kier alpha value is -0.940. The normalized spacial score (nSPS) is 22.8. The minimum absolute atomic E-state index is 0.471. The molecule has 0 aromatic carbocycles. The zero-order valence-electron chi connectivity index (χ0n) is 10.5. The molecule has 1 heterocycles. The van der Waals surface area contributed by atoms with E-state index in [1.165, 1.54) is 19.3 Å². The van der Waals surface area contributed by atoms with Crippen LogP contribution in [0.3, 0.4) is 0 Å². The quantitative estimate of drug-likeness (QED) is 0.814. The van der Waals surface area contributed by atoms with Crippen LogP contribution in [-0.4, -0.2) is 25.5 Å².